The molecule has 21 heavy (non-hydrogen) atoms. The van der Waals surface area contributed by atoms with Gasteiger partial charge in [-0.3, -0.25) is 14.9 Å². The van der Waals surface area contributed by atoms with E-state index in [0.29, 0.717) is 11.5 Å². The maximum atomic E-state index is 12.1. The molecule has 1 aromatic carbocycles. The van der Waals surface area contributed by atoms with Gasteiger partial charge in [0.1, 0.15) is 0 Å². The van der Waals surface area contributed by atoms with Crippen LogP contribution in [0.4, 0.5) is 5.69 Å². The third-order valence-electron chi connectivity index (χ3n) is 3.83. The number of halogens is 1. The molecule has 0 aliphatic heterocycles. The van der Waals surface area contributed by atoms with Crippen molar-refractivity contribution in [3.63, 3.8) is 0 Å². The summed E-state index contributed by atoms with van der Waals surface area (Å²) < 4.78 is 0. The van der Waals surface area contributed by atoms with Crippen LogP contribution in [0, 0.1) is 16.0 Å². The van der Waals surface area contributed by atoms with Gasteiger partial charge in [-0.05, 0) is 31.2 Å². The van der Waals surface area contributed by atoms with Crippen LogP contribution in [0.5, 0.6) is 0 Å². The van der Waals surface area contributed by atoms with E-state index in [2.05, 4.69) is 5.32 Å². The van der Waals surface area contributed by atoms with E-state index in [-0.39, 0.29) is 29.6 Å². The number of nitro benzene ring substituents is 1. The molecule has 2 N–H and O–H groups in total. The zero-order chi connectivity index (χ0) is 15.6. The highest BCUT2D eigenvalue weighted by atomic mass is 35.5. The van der Waals surface area contributed by atoms with Crippen molar-refractivity contribution in [2.75, 3.05) is 6.61 Å². The summed E-state index contributed by atoms with van der Waals surface area (Å²) in [5, 5.41) is 23.1. The van der Waals surface area contributed by atoms with Gasteiger partial charge in [0.25, 0.3) is 5.69 Å². The number of benzene rings is 1. The number of rotatable bonds is 6. The van der Waals surface area contributed by atoms with Crippen LogP contribution in [-0.2, 0) is 11.2 Å². The molecule has 0 heterocycles. The smallest absolute Gasteiger partial charge is 0.270 e. The number of non-ortho nitro benzene ring substituents is 1. The third kappa shape index (κ3) is 3.71. The van der Waals surface area contributed by atoms with E-state index in [1.54, 1.807) is 0 Å². The van der Waals surface area contributed by atoms with Gasteiger partial charge in [0.15, 0.2) is 0 Å². The van der Waals surface area contributed by atoms with Crippen molar-refractivity contribution in [2.45, 2.75) is 31.7 Å². The molecule has 0 bridgehead atoms. The summed E-state index contributed by atoms with van der Waals surface area (Å²) in [5.74, 6) is 0.0491. The van der Waals surface area contributed by atoms with Gasteiger partial charge in [-0.2, -0.15) is 0 Å². The molecule has 1 aliphatic rings. The highest BCUT2D eigenvalue weighted by molar-refractivity contribution is 6.31. The molecule has 1 amide bonds. The number of carbonyl (C=O) groups excluding carboxylic acids is 1. The van der Waals surface area contributed by atoms with Gasteiger partial charge in [-0.1, -0.05) is 17.7 Å². The molecule has 1 aromatic rings. The van der Waals surface area contributed by atoms with Crippen LogP contribution < -0.4 is 5.32 Å². The average Bonchev–Trinajstić information content (AvgIpc) is 3.25. The second-order valence-electron chi connectivity index (χ2n) is 5.61. The average molecular weight is 313 g/mol. The van der Waals surface area contributed by atoms with E-state index in [4.69, 9.17) is 11.6 Å². The van der Waals surface area contributed by atoms with Crippen LogP contribution in [0.2, 0.25) is 5.02 Å². The topological polar surface area (TPSA) is 92.5 Å². The van der Waals surface area contributed by atoms with E-state index in [0.717, 1.165) is 12.8 Å². The molecular weight excluding hydrogens is 296 g/mol. The van der Waals surface area contributed by atoms with Crippen molar-refractivity contribution >= 4 is 23.2 Å². The lowest BCUT2D eigenvalue weighted by molar-refractivity contribution is -0.384. The van der Waals surface area contributed by atoms with Crippen LogP contribution in [-0.4, -0.2) is 28.1 Å². The molecule has 1 fully saturated rings. The number of aliphatic hydroxyl groups is 1. The molecule has 0 aromatic heterocycles. The number of nitro groups is 1. The van der Waals surface area contributed by atoms with E-state index in [1.807, 2.05) is 6.92 Å². The van der Waals surface area contributed by atoms with Gasteiger partial charge in [-0.15, -0.1) is 0 Å². The number of aliphatic hydroxyl groups excluding tert-OH is 1. The molecule has 2 rings (SSSR count). The summed E-state index contributed by atoms with van der Waals surface area (Å²) in [4.78, 5) is 22.2. The molecule has 0 spiro atoms. The summed E-state index contributed by atoms with van der Waals surface area (Å²) >= 11 is 5.96. The number of nitrogens with one attached hydrogen (secondary N) is 1. The summed E-state index contributed by atoms with van der Waals surface area (Å²) in [6, 6.07) is 4.03. The van der Waals surface area contributed by atoms with Crippen molar-refractivity contribution < 1.29 is 14.8 Å². The SMILES string of the molecule is CC(CO)(NC(=O)Cc1ccc([N+](=O)[O-])cc1Cl)C1CC1. The Hall–Kier alpha value is -1.66. The molecule has 6 nitrogen and oxygen atoms in total. The number of amides is 1. The van der Waals surface area contributed by atoms with Crippen molar-refractivity contribution in [3.05, 3.63) is 38.9 Å². The largest absolute Gasteiger partial charge is 0.394 e. The Morgan fingerprint density at radius 2 is 2.24 bits per heavy atom. The highest BCUT2D eigenvalue weighted by Gasteiger charge is 2.42. The standard InChI is InChI=1S/C14H17ClN2O4/c1-14(8-18,10-3-4-10)16-13(19)6-9-2-5-11(17(20)21)7-12(9)15/h2,5,7,10,18H,3-4,6,8H2,1H3,(H,16,19). The second-order valence-corrected chi connectivity index (χ2v) is 6.01. The fourth-order valence-corrected chi connectivity index (χ4v) is 2.56. The lowest BCUT2D eigenvalue weighted by Gasteiger charge is -2.28. The van der Waals surface area contributed by atoms with E-state index >= 15 is 0 Å². The Bertz CT molecular complexity index is 574. The number of carbonyl (C=O) groups is 1. The van der Waals surface area contributed by atoms with Crippen molar-refractivity contribution in [1.29, 1.82) is 0 Å². The lowest BCUT2D eigenvalue weighted by atomic mass is 9.96. The first-order chi connectivity index (χ1) is 9.85. The van der Waals surface area contributed by atoms with Gasteiger partial charge in [-0.25, -0.2) is 0 Å². The molecule has 0 saturated heterocycles. The summed E-state index contributed by atoms with van der Waals surface area (Å²) in [6.07, 6.45) is 2.02. The van der Waals surface area contributed by atoms with Crippen molar-refractivity contribution in [2.24, 2.45) is 5.92 Å². The van der Waals surface area contributed by atoms with E-state index in [9.17, 15) is 20.0 Å². The minimum atomic E-state index is -0.607. The molecule has 114 valence electrons. The summed E-state index contributed by atoms with van der Waals surface area (Å²) in [6.45, 7) is 1.71. The van der Waals surface area contributed by atoms with Crippen LogP contribution in [0.15, 0.2) is 18.2 Å². The molecule has 1 atom stereocenters. The van der Waals surface area contributed by atoms with Gasteiger partial charge in [0, 0.05) is 12.1 Å². The van der Waals surface area contributed by atoms with Crippen LogP contribution in [0.3, 0.4) is 0 Å². The summed E-state index contributed by atoms with van der Waals surface area (Å²) in [5.41, 5.74) is -0.192. The zero-order valence-corrected chi connectivity index (χ0v) is 12.4. The molecule has 1 unspecified atom stereocenters. The number of hydrogen-bond acceptors (Lipinski definition) is 4. The highest BCUT2D eigenvalue weighted by Crippen LogP contribution is 2.39. The first kappa shape index (κ1) is 15.7. The van der Waals surface area contributed by atoms with Gasteiger partial charge < -0.3 is 10.4 Å². The van der Waals surface area contributed by atoms with Gasteiger partial charge in [0.2, 0.25) is 5.91 Å². The second kappa shape index (κ2) is 5.99. The Morgan fingerprint density at radius 3 is 2.71 bits per heavy atom. The maximum absolute atomic E-state index is 12.1. The fourth-order valence-electron chi connectivity index (χ4n) is 2.32. The van der Waals surface area contributed by atoms with E-state index in [1.165, 1.54) is 18.2 Å². The first-order valence-corrected chi connectivity index (χ1v) is 7.08. The predicted octanol–water partition coefficient (Wildman–Crippen LogP) is 2.07. The number of nitrogens with zero attached hydrogens (tertiary/aromatic N) is 1. The van der Waals surface area contributed by atoms with Gasteiger partial charge >= 0.3 is 0 Å². The Morgan fingerprint density at radius 1 is 1.57 bits per heavy atom. The predicted molar refractivity (Wildman–Crippen MR) is 78.2 cm³/mol. The van der Waals surface area contributed by atoms with Crippen LogP contribution in [0.1, 0.15) is 25.3 Å². The molecule has 1 aliphatic carbocycles. The fraction of sp³-hybridized carbons (Fsp3) is 0.500. The van der Waals surface area contributed by atoms with Gasteiger partial charge in [0.05, 0.1) is 28.5 Å². The molecular formula is C14H17ClN2O4. The Labute approximate surface area is 127 Å². The Kier molecular flexibility index (Phi) is 4.49. The van der Waals surface area contributed by atoms with Crippen LogP contribution >= 0.6 is 11.6 Å². The van der Waals surface area contributed by atoms with Crippen molar-refractivity contribution in [3.8, 4) is 0 Å². The lowest BCUT2D eigenvalue weighted by Crippen LogP contribution is -2.51. The molecule has 1 saturated carbocycles. The molecule has 0 radical (unpaired) electrons. The zero-order valence-electron chi connectivity index (χ0n) is 11.6. The minimum absolute atomic E-state index is 0.0269. The summed E-state index contributed by atoms with van der Waals surface area (Å²) in [7, 11) is 0. The monoisotopic (exact) mass is 312 g/mol. The Balaban J connectivity index is 2.04. The first-order valence-electron chi connectivity index (χ1n) is 6.70. The molecule has 7 heteroatoms. The third-order valence-corrected chi connectivity index (χ3v) is 4.18. The quantitative estimate of drug-likeness (QED) is 0.621. The number of hydrogen-bond donors (Lipinski definition) is 2. The van der Waals surface area contributed by atoms with Crippen molar-refractivity contribution in [1.82, 2.24) is 5.32 Å². The van der Waals surface area contributed by atoms with E-state index < -0.39 is 10.5 Å². The van der Waals surface area contributed by atoms with Crippen LogP contribution in [0.25, 0.3) is 0 Å². The normalized spacial score (nSPS) is 17.1. The maximum Gasteiger partial charge on any atom is 0.270 e. The minimum Gasteiger partial charge on any atom is -0.394 e.